The van der Waals surface area contributed by atoms with Crippen LogP contribution in [-0.4, -0.2) is 60.7 Å². The van der Waals surface area contributed by atoms with Gasteiger partial charge in [0, 0.05) is 24.8 Å². The number of rotatable bonds is 6. The summed E-state index contributed by atoms with van der Waals surface area (Å²) in [5.41, 5.74) is 11.6. The average molecular weight is 425 g/mol. The van der Waals surface area contributed by atoms with Crippen LogP contribution in [0.3, 0.4) is 0 Å². The molecule has 10 nitrogen and oxygen atoms in total. The number of ether oxygens (including phenoxy) is 1. The summed E-state index contributed by atoms with van der Waals surface area (Å²) >= 11 is 1.07. The number of sulfonamides is 1. The molecule has 1 aliphatic rings. The molecule has 0 saturated carbocycles. The van der Waals surface area contributed by atoms with Gasteiger partial charge in [0.15, 0.2) is 5.16 Å². The summed E-state index contributed by atoms with van der Waals surface area (Å²) in [5, 5.41) is 2.96. The smallest absolute Gasteiger partial charge is 0.243 e. The number of benzene rings is 1. The number of nitrogen functional groups attached to an aromatic ring is 2. The molecule has 0 atom stereocenters. The van der Waals surface area contributed by atoms with Gasteiger partial charge in [-0.25, -0.2) is 18.4 Å². The maximum absolute atomic E-state index is 12.7. The highest BCUT2D eigenvalue weighted by atomic mass is 32.2. The van der Waals surface area contributed by atoms with Crippen LogP contribution in [0.1, 0.15) is 0 Å². The highest BCUT2D eigenvalue weighted by Crippen LogP contribution is 2.21. The number of nitrogens with two attached hydrogens (primary N) is 2. The Labute approximate surface area is 166 Å². The topological polar surface area (TPSA) is 154 Å². The number of hydrogen-bond acceptors (Lipinski definition) is 9. The second-order valence-electron chi connectivity index (χ2n) is 5.88. The van der Waals surface area contributed by atoms with Gasteiger partial charge in [-0.2, -0.15) is 4.31 Å². The van der Waals surface area contributed by atoms with Crippen LogP contribution in [0.25, 0.3) is 0 Å². The Bertz CT molecular complexity index is 943. The van der Waals surface area contributed by atoms with E-state index in [1.165, 1.54) is 22.5 Å². The van der Waals surface area contributed by atoms with E-state index in [1.807, 2.05) is 0 Å². The van der Waals surface area contributed by atoms with Gasteiger partial charge in [0.1, 0.15) is 11.6 Å². The zero-order chi connectivity index (χ0) is 20.1. The predicted molar refractivity (Wildman–Crippen MR) is 106 cm³/mol. The monoisotopic (exact) mass is 424 g/mol. The predicted octanol–water partition coefficient (Wildman–Crippen LogP) is 0.393. The minimum absolute atomic E-state index is 0.0172. The highest BCUT2D eigenvalue weighted by Gasteiger charge is 2.26. The molecule has 2 aromatic rings. The van der Waals surface area contributed by atoms with Crippen molar-refractivity contribution >= 4 is 45.0 Å². The van der Waals surface area contributed by atoms with Crippen molar-refractivity contribution in [3.8, 4) is 0 Å². The summed E-state index contributed by atoms with van der Waals surface area (Å²) in [5.74, 6) is 0.118. The molecule has 2 heterocycles. The fourth-order valence-electron chi connectivity index (χ4n) is 2.52. The Hall–Kier alpha value is -2.41. The molecule has 0 spiro atoms. The third-order valence-electron chi connectivity index (χ3n) is 3.80. The van der Waals surface area contributed by atoms with Crippen molar-refractivity contribution in [3.05, 3.63) is 30.3 Å². The fourth-order valence-corrected chi connectivity index (χ4v) is 4.65. The van der Waals surface area contributed by atoms with Crippen LogP contribution in [0, 0.1) is 0 Å². The first-order valence-electron chi connectivity index (χ1n) is 8.35. The molecule has 0 bridgehead atoms. The van der Waals surface area contributed by atoms with Gasteiger partial charge in [0.05, 0.1) is 23.9 Å². The summed E-state index contributed by atoms with van der Waals surface area (Å²) in [4.78, 5) is 20.3. The second kappa shape index (κ2) is 8.73. The number of carbonyl (C=O) groups excluding carboxylic acids is 1. The molecule has 1 fully saturated rings. The SMILES string of the molecule is Nc1cc(N)nc(SCC(=O)Nc2cccc(S(=O)(=O)N3CCOCC3)c2)n1. The lowest BCUT2D eigenvalue weighted by molar-refractivity contribution is -0.113. The molecule has 5 N–H and O–H groups in total. The Morgan fingerprint density at radius 3 is 2.54 bits per heavy atom. The van der Waals surface area contributed by atoms with Crippen LogP contribution in [0.4, 0.5) is 17.3 Å². The fraction of sp³-hybridized carbons (Fsp3) is 0.312. The number of nitrogens with zero attached hydrogens (tertiary/aromatic N) is 3. The minimum atomic E-state index is -3.64. The van der Waals surface area contributed by atoms with Gasteiger partial charge in [-0.15, -0.1) is 0 Å². The van der Waals surface area contributed by atoms with Crippen molar-refractivity contribution in [1.29, 1.82) is 0 Å². The second-order valence-corrected chi connectivity index (χ2v) is 8.76. The summed E-state index contributed by atoms with van der Waals surface area (Å²) in [7, 11) is -3.64. The van der Waals surface area contributed by atoms with Crippen LogP contribution in [-0.2, 0) is 19.6 Å². The van der Waals surface area contributed by atoms with E-state index in [9.17, 15) is 13.2 Å². The highest BCUT2D eigenvalue weighted by molar-refractivity contribution is 7.99. The van der Waals surface area contributed by atoms with E-state index < -0.39 is 10.0 Å². The maximum Gasteiger partial charge on any atom is 0.243 e. The number of amides is 1. The molecule has 1 aliphatic heterocycles. The standard InChI is InChI=1S/C16H20N6O4S2/c17-13-9-14(18)21-16(20-13)27-10-15(23)19-11-2-1-3-12(8-11)28(24,25)22-4-6-26-7-5-22/h1-3,8-9H,4-7,10H2,(H,19,23)(H4,17,18,20,21). The number of anilines is 3. The van der Waals surface area contributed by atoms with Crippen LogP contribution in [0.15, 0.2) is 40.4 Å². The first-order chi connectivity index (χ1) is 13.3. The van der Waals surface area contributed by atoms with Gasteiger partial charge in [-0.05, 0) is 18.2 Å². The van der Waals surface area contributed by atoms with Crippen molar-refractivity contribution in [3.63, 3.8) is 0 Å². The zero-order valence-electron chi connectivity index (χ0n) is 14.9. The first-order valence-corrected chi connectivity index (χ1v) is 10.8. The Kier molecular flexibility index (Phi) is 6.34. The first kappa shape index (κ1) is 20.3. The van der Waals surface area contributed by atoms with E-state index in [4.69, 9.17) is 16.2 Å². The molecule has 1 saturated heterocycles. The van der Waals surface area contributed by atoms with E-state index in [-0.39, 0.29) is 33.3 Å². The lowest BCUT2D eigenvalue weighted by atomic mass is 10.3. The molecular formula is C16H20N6O4S2. The third-order valence-corrected chi connectivity index (χ3v) is 6.55. The number of morpholine rings is 1. The number of nitrogens with one attached hydrogen (secondary N) is 1. The molecule has 150 valence electrons. The molecule has 3 rings (SSSR count). The summed E-state index contributed by atoms with van der Waals surface area (Å²) in [6, 6.07) is 7.55. The van der Waals surface area contributed by atoms with Gasteiger partial charge in [0.25, 0.3) is 0 Å². The van der Waals surface area contributed by atoms with Crippen LogP contribution < -0.4 is 16.8 Å². The Morgan fingerprint density at radius 2 is 1.86 bits per heavy atom. The minimum Gasteiger partial charge on any atom is -0.383 e. The van der Waals surface area contributed by atoms with Gasteiger partial charge >= 0.3 is 0 Å². The molecule has 1 aromatic heterocycles. The zero-order valence-corrected chi connectivity index (χ0v) is 16.5. The molecule has 12 heteroatoms. The quantitative estimate of drug-likeness (QED) is 0.441. The van der Waals surface area contributed by atoms with Crippen molar-refractivity contribution in [1.82, 2.24) is 14.3 Å². The lowest BCUT2D eigenvalue weighted by Gasteiger charge is -2.26. The molecule has 1 amide bonds. The normalized spacial score (nSPS) is 15.3. The lowest BCUT2D eigenvalue weighted by Crippen LogP contribution is -2.40. The molecule has 28 heavy (non-hydrogen) atoms. The molecule has 0 radical (unpaired) electrons. The maximum atomic E-state index is 12.7. The molecule has 0 aliphatic carbocycles. The van der Waals surface area contributed by atoms with E-state index >= 15 is 0 Å². The van der Waals surface area contributed by atoms with Gasteiger partial charge in [-0.1, -0.05) is 17.8 Å². The van der Waals surface area contributed by atoms with E-state index in [1.54, 1.807) is 12.1 Å². The largest absolute Gasteiger partial charge is 0.383 e. The number of carbonyl (C=O) groups is 1. The third kappa shape index (κ3) is 5.10. The van der Waals surface area contributed by atoms with Crippen molar-refractivity contribution in [2.24, 2.45) is 0 Å². The Morgan fingerprint density at radius 1 is 1.18 bits per heavy atom. The summed E-state index contributed by atoms with van der Waals surface area (Å²) in [6.45, 7) is 1.34. The number of thioether (sulfide) groups is 1. The van der Waals surface area contributed by atoms with Crippen molar-refractivity contribution in [2.45, 2.75) is 10.1 Å². The number of aromatic nitrogens is 2. The Balaban J connectivity index is 1.64. The van der Waals surface area contributed by atoms with Gasteiger partial charge in [0.2, 0.25) is 15.9 Å². The summed E-state index contributed by atoms with van der Waals surface area (Å²) in [6.07, 6.45) is 0. The summed E-state index contributed by atoms with van der Waals surface area (Å²) < 4.78 is 32.0. The number of hydrogen-bond donors (Lipinski definition) is 3. The van der Waals surface area contributed by atoms with Crippen molar-refractivity contribution in [2.75, 3.05) is 48.8 Å². The van der Waals surface area contributed by atoms with Crippen molar-refractivity contribution < 1.29 is 17.9 Å². The van der Waals surface area contributed by atoms with Crippen LogP contribution >= 0.6 is 11.8 Å². The van der Waals surface area contributed by atoms with E-state index in [2.05, 4.69) is 15.3 Å². The van der Waals surface area contributed by atoms with E-state index in [0.717, 1.165) is 11.8 Å². The van der Waals surface area contributed by atoms with Gasteiger partial charge < -0.3 is 21.5 Å². The molecular weight excluding hydrogens is 404 g/mol. The van der Waals surface area contributed by atoms with Crippen LogP contribution in [0.5, 0.6) is 0 Å². The average Bonchev–Trinajstić information content (AvgIpc) is 2.66. The van der Waals surface area contributed by atoms with Gasteiger partial charge in [-0.3, -0.25) is 4.79 Å². The molecule has 0 unspecified atom stereocenters. The molecule has 1 aromatic carbocycles. The van der Waals surface area contributed by atoms with Crippen LogP contribution in [0.2, 0.25) is 0 Å². The van der Waals surface area contributed by atoms with E-state index in [0.29, 0.717) is 32.0 Å².